The summed E-state index contributed by atoms with van der Waals surface area (Å²) in [6, 6.07) is 5.93. The van der Waals surface area contributed by atoms with Gasteiger partial charge in [-0.15, -0.1) is 0 Å². The molecule has 1 aromatic carbocycles. The maximum Gasteiger partial charge on any atom is 0.416 e. The van der Waals surface area contributed by atoms with Crippen molar-refractivity contribution in [3.63, 3.8) is 0 Å². The van der Waals surface area contributed by atoms with E-state index in [-0.39, 0.29) is 29.6 Å². The van der Waals surface area contributed by atoms with E-state index in [9.17, 15) is 31.1 Å². The molecule has 1 aliphatic rings. The quantitative estimate of drug-likeness (QED) is 0.505. The van der Waals surface area contributed by atoms with Crippen LogP contribution < -0.4 is 10.6 Å². The Morgan fingerprint density at radius 1 is 1.08 bits per heavy atom. The second-order valence-electron chi connectivity index (χ2n) is 9.19. The van der Waals surface area contributed by atoms with E-state index >= 15 is 0 Å². The van der Waals surface area contributed by atoms with Crippen LogP contribution in [-0.2, 0) is 17.1 Å². The summed E-state index contributed by atoms with van der Waals surface area (Å²) in [6.07, 6.45) is -7.23. The number of amides is 1. The summed E-state index contributed by atoms with van der Waals surface area (Å²) in [6.45, 7) is 4.58. The average Bonchev–Trinajstić information content (AvgIpc) is 3.29. The van der Waals surface area contributed by atoms with E-state index in [1.165, 1.54) is 18.3 Å². The van der Waals surface area contributed by atoms with Crippen LogP contribution in [0.15, 0.2) is 36.5 Å². The minimum absolute atomic E-state index is 0.0380. The number of rotatable bonds is 7. The maximum atomic E-state index is 13.1. The Kier molecular flexibility index (Phi) is 7.83. The first-order chi connectivity index (χ1) is 16.7. The molecule has 3 rings (SSSR count). The SMILES string of the molecule is CC(C)(CNc1ccc(-c2cc(C(F)(F)F)cc(C(F)(F)F)c2)cn1)NCC(=O)N1CCC[C@H]1C#N. The predicted octanol–water partition coefficient (Wildman–Crippen LogP) is 5.08. The molecule has 12 heteroatoms. The van der Waals surface area contributed by atoms with Crippen molar-refractivity contribution in [3.05, 3.63) is 47.7 Å². The first kappa shape index (κ1) is 27.3. The summed E-state index contributed by atoms with van der Waals surface area (Å²) in [5.41, 5.74) is -3.52. The molecule has 1 atom stereocenters. The second kappa shape index (κ2) is 10.3. The molecule has 6 nitrogen and oxygen atoms in total. The zero-order valence-electron chi connectivity index (χ0n) is 19.6. The molecule has 1 fully saturated rings. The molecule has 0 aliphatic carbocycles. The van der Waals surface area contributed by atoms with Crippen molar-refractivity contribution in [2.45, 2.75) is 50.6 Å². The molecule has 0 unspecified atom stereocenters. The number of halogens is 6. The summed E-state index contributed by atoms with van der Waals surface area (Å²) < 4.78 is 78.8. The van der Waals surface area contributed by atoms with E-state index in [4.69, 9.17) is 5.26 Å². The van der Waals surface area contributed by atoms with Crippen molar-refractivity contribution in [1.82, 2.24) is 15.2 Å². The highest BCUT2D eigenvalue weighted by molar-refractivity contribution is 5.79. The number of anilines is 1. The zero-order valence-corrected chi connectivity index (χ0v) is 19.6. The number of nitrogens with zero attached hydrogens (tertiary/aromatic N) is 3. The molecular formula is C24H25F6N5O. The molecule has 36 heavy (non-hydrogen) atoms. The smallest absolute Gasteiger partial charge is 0.368 e. The fraction of sp³-hybridized carbons (Fsp3) is 0.458. The number of likely N-dealkylation sites (tertiary alicyclic amines) is 1. The number of carbonyl (C=O) groups is 1. The zero-order chi connectivity index (χ0) is 26.7. The van der Waals surface area contributed by atoms with Crippen molar-refractivity contribution in [2.24, 2.45) is 0 Å². The van der Waals surface area contributed by atoms with Gasteiger partial charge in [0.05, 0.1) is 23.7 Å². The molecule has 2 aromatic rings. The lowest BCUT2D eigenvalue weighted by molar-refractivity contribution is -0.143. The molecule has 194 valence electrons. The lowest BCUT2D eigenvalue weighted by Gasteiger charge is -2.28. The van der Waals surface area contributed by atoms with E-state index in [1.807, 2.05) is 13.8 Å². The average molecular weight is 513 g/mol. The summed E-state index contributed by atoms with van der Waals surface area (Å²) in [5, 5.41) is 15.3. The summed E-state index contributed by atoms with van der Waals surface area (Å²) in [5.74, 6) is 0.181. The molecule has 2 heterocycles. The Bertz CT molecular complexity index is 1090. The van der Waals surface area contributed by atoms with Gasteiger partial charge >= 0.3 is 12.4 Å². The predicted molar refractivity (Wildman–Crippen MR) is 121 cm³/mol. The van der Waals surface area contributed by atoms with Crippen molar-refractivity contribution in [3.8, 4) is 17.2 Å². The van der Waals surface area contributed by atoms with Crippen LogP contribution in [0.1, 0.15) is 37.8 Å². The number of carbonyl (C=O) groups excluding carboxylic acids is 1. The molecule has 0 spiro atoms. The minimum Gasteiger partial charge on any atom is -0.368 e. The Labute approximate surface area is 204 Å². The van der Waals surface area contributed by atoms with E-state index in [2.05, 4.69) is 21.7 Å². The molecule has 0 radical (unpaired) electrons. The van der Waals surface area contributed by atoms with Crippen LogP contribution in [0.4, 0.5) is 32.2 Å². The Morgan fingerprint density at radius 2 is 1.72 bits per heavy atom. The Morgan fingerprint density at radius 3 is 2.25 bits per heavy atom. The fourth-order valence-electron chi connectivity index (χ4n) is 3.78. The van der Waals surface area contributed by atoms with Crippen LogP contribution in [0.5, 0.6) is 0 Å². The van der Waals surface area contributed by atoms with Gasteiger partial charge in [0.2, 0.25) is 5.91 Å². The van der Waals surface area contributed by atoms with Gasteiger partial charge in [-0.05, 0) is 62.6 Å². The Balaban J connectivity index is 1.65. The normalized spacial score (nSPS) is 16.6. The summed E-state index contributed by atoms with van der Waals surface area (Å²) in [4.78, 5) is 18.1. The van der Waals surface area contributed by atoms with Gasteiger partial charge in [0.25, 0.3) is 0 Å². The number of nitriles is 1. The van der Waals surface area contributed by atoms with E-state index < -0.39 is 35.1 Å². The highest BCUT2D eigenvalue weighted by Crippen LogP contribution is 2.38. The third-order valence-electron chi connectivity index (χ3n) is 5.84. The van der Waals surface area contributed by atoms with Gasteiger partial charge in [0, 0.05) is 30.4 Å². The third-order valence-corrected chi connectivity index (χ3v) is 5.84. The van der Waals surface area contributed by atoms with Crippen molar-refractivity contribution in [1.29, 1.82) is 5.26 Å². The third kappa shape index (κ3) is 6.87. The number of benzene rings is 1. The molecule has 2 N–H and O–H groups in total. The van der Waals surface area contributed by atoms with E-state index in [1.54, 1.807) is 4.90 Å². The lowest BCUT2D eigenvalue weighted by Crippen LogP contribution is -2.50. The van der Waals surface area contributed by atoms with Crippen LogP contribution >= 0.6 is 0 Å². The topological polar surface area (TPSA) is 81.1 Å². The van der Waals surface area contributed by atoms with E-state index in [0.29, 0.717) is 37.5 Å². The highest BCUT2D eigenvalue weighted by Gasteiger charge is 2.37. The number of alkyl halides is 6. The molecule has 0 bridgehead atoms. The fourth-order valence-corrected chi connectivity index (χ4v) is 3.78. The monoisotopic (exact) mass is 513 g/mol. The molecule has 1 saturated heterocycles. The molecule has 1 aliphatic heterocycles. The first-order valence-corrected chi connectivity index (χ1v) is 11.1. The number of hydrogen-bond donors (Lipinski definition) is 2. The van der Waals surface area contributed by atoms with Gasteiger partial charge in [-0.25, -0.2) is 4.98 Å². The van der Waals surface area contributed by atoms with Gasteiger partial charge < -0.3 is 15.5 Å². The standard InChI is InChI=1S/C24H25F6N5O/c1-22(2,34-13-21(36)35-7-3-4-19(35)11-31)14-33-20-6-5-15(12-32-20)16-8-17(23(25,26)27)10-18(9-16)24(28,29)30/h5-6,8-10,12,19,34H,3-4,7,13-14H2,1-2H3,(H,32,33)/t19-/m0/s1. The van der Waals surface area contributed by atoms with Crippen LogP contribution in [-0.4, -0.2) is 47.0 Å². The maximum absolute atomic E-state index is 13.1. The number of nitrogens with one attached hydrogen (secondary N) is 2. The number of pyridine rings is 1. The van der Waals surface area contributed by atoms with Crippen molar-refractivity contribution < 1.29 is 31.1 Å². The minimum atomic E-state index is -4.94. The molecule has 1 amide bonds. The van der Waals surface area contributed by atoms with Crippen molar-refractivity contribution in [2.75, 3.05) is 25.0 Å². The second-order valence-corrected chi connectivity index (χ2v) is 9.19. The van der Waals surface area contributed by atoms with Gasteiger partial charge in [-0.3, -0.25) is 4.79 Å². The van der Waals surface area contributed by atoms with Gasteiger partial charge in [-0.1, -0.05) is 0 Å². The highest BCUT2D eigenvalue weighted by atomic mass is 19.4. The summed E-state index contributed by atoms with van der Waals surface area (Å²) in [7, 11) is 0. The van der Waals surface area contributed by atoms with Crippen LogP contribution in [0.3, 0.4) is 0 Å². The van der Waals surface area contributed by atoms with Crippen LogP contribution in [0.25, 0.3) is 11.1 Å². The van der Waals surface area contributed by atoms with Crippen LogP contribution in [0.2, 0.25) is 0 Å². The van der Waals surface area contributed by atoms with Crippen molar-refractivity contribution >= 4 is 11.7 Å². The largest absolute Gasteiger partial charge is 0.416 e. The van der Waals surface area contributed by atoms with E-state index in [0.717, 1.165) is 6.42 Å². The Hall–Kier alpha value is -3.33. The number of hydrogen-bond acceptors (Lipinski definition) is 5. The molecule has 1 aromatic heterocycles. The lowest BCUT2D eigenvalue weighted by atomic mass is 10.00. The number of aromatic nitrogens is 1. The van der Waals surface area contributed by atoms with Gasteiger partial charge in [-0.2, -0.15) is 31.6 Å². The van der Waals surface area contributed by atoms with Gasteiger partial charge in [0.15, 0.2) is 0 Å². The molecular weight excluding hydrogens is 488 g/mol. The van der Waals surface area contributed by atoms with Gasteiger partial charge in [0.1, 0.15) is 11.9 Å². The van der Waals surface area contributed by atoms with Crippen LogP contribution in [0, 0.1) is 11.3 Å². The first-order valence-electron chi connectivity index (χ1n) is 11.1. The molecule has 0 saturated carbocycles. The summed E-state index contributed by atoms with van der Waals surface area (Å²) >= 11 is 0.